The van der Waals surface area contributed by atoms with E-state index in [2.05, 4.69) is 50.6 Å². The van der Waals surface area contributed by atoms with Gasteiger partial charge in [-0.1, -0.05) is 13.8 Å². The summed E-state index contributed by atoms with van der Waals surface area (Å²) in [6, 6.07) is 3.97. The van der Waals surface area contributed by atoms with Gasteiger partial charge in [0.15, 0.2) is 0 Å². The van der Waals surface area contributed by atoms with Crippen molar-refractivity contribution < 1.29 is 5.11 Å². The van der Waals surface area contributed by atoms with E-state index in [9.17, 15) is 5.11 Å². The number of benzene rings is 1. The fourth-order valence-corrected chi connectivity index (χ4v) is 3.15. The van der Waals surface area contributed by atoms with E-state index >= 15 is 0 Å². The minimum Gasteiger partial charge on any atom is -0.506 e. The van der Waals surface area contributed by atoms with Gasteiger partial charge in [0, 0.05) is 6.54 Å². The van der Waals surface area contributed by atoms with Crippen LogP contribution in [0.3, 0.4) is 0 Å². The maximum absolute atomic E-state index is 9.66. The molecule has 0 aromatic heterocycles. The highest BCUT2D eigenvalue weighted by Crippen LogP contribution is 2.33. The Balaban J connectivity index is 2.78. The van der Waals surface area contributed by atoms with Crippen molar-refractivity contribution in [3.05, 3.63) is 26.6 Å². The molecule has 0 atom stereocenters. The molecule has 1 aromatic carbocycles. The Hall–Kier alpha value is -0.0600. The third-order valence-electron chi connectivity index (χ3n) is 2.56. The number of aromatic hydroxyl groups is 1. The van der Waals surface area contributed by atoms with Gasteiger partial charge in [-0.05, 0) is 75.5 Å². The monoisotopic (exact) mass is 363 g/mol. The number of hydrogen-bond acceptors (Lipinski definition) is 2. The Morgan fingerprint density at radius 3 is 1.94 bits per heavy atom. The molecule has 1 N–H and O–H groups in total. The number of phenolic OH excluding ortho intramolecular Hbond substituents is 1. The van der Waals surface area contributed by atoms with Crippen LogP contribution >= 0.6 is 31.9 Å². The van der Waals surface area contributed by atoms with Crippen molar-refractivity contribution in [2.45, 2.75) is 33.2 Å². The third-order valence-corrected chi connectivity index (χ3v) is 3.77. The molecule has 0 spiro atoms. The van der Waals surface area contributed by atoms with E-state index in [-0.39, 0.29) is 5.75 Å². The SMILES string of the molecule is CCCN(CCC)Cc1cc(Br)c(O)c(Br)c1. The molecular formula is C13H19Br2NO. The lowest BCUT2D eigenvalue weighted by atomic mass is 10.2. The van der Waals surface area contributed by atoms with Gasteiger partial charge in [-0.2, -0.15) is 0 Å². The second-order valence-corrected chi connectivity index (χ2v) is 5.89. The molecule has 1 aromatic rings. The van der Waals surface area contributed by atoms with E-state index in [0.717, 1.165) is 28.6 Å². The smallest absolute Gasteiger partial charge is 0.143 e. The average Bonchev–Trinajstić information content (AvgIpc) is 2.26. The van der Waals surface area contributed by atoms with Crippen molar-refractivity contribution in [3.63, 3.8) is 0 Å². The first kappa shape index (κ1) is 15.0. The zero-order chi connectivity index (χ0) is 12.8. The van der Waals surface area contributed by atoms with Gasteiger partial charge in [-0.25, -0.2) is 0 Å². The fraction of sp³-hybridized carbons (Fsp3) is 0.538. The van der Waals surface area contributed by atoms with E-state index in [1.54, 1.807) is 0 Å². The first-order valence-corrected chi connectivity index (χ1v) is 7.56. The quantitative estimate of drug-likeness (QED) is 0.800. The summed E-state index contributed by atoms with van der Waals surface area (Å²) in [6.07, 6.45) is 2.33. The zero-order valence-electron chi connectivity index (χ0n) is 10.3. The Labute approximate surface area is 120 Å². The van der Waals surface area contributed by atoms with E-state index in [4.69, 9.17) is 0 Å². The van der Waals surface area contributed by atoms with Crippen molar-refractivity contribution in [2.24, 2.45) is 0 Å². The molecule has 0 bridgehead atoms. The predicted octanol–water partition coefficient (Wildman–Crippen LogP) is 4.54. The molecule has 0 saturated carbocycles. The Morgan fingerprint density at radius 1 is 1.06 bits per heavy atom. The Kier molecular flexibility index (Phi) is 6.52. The van der Waals surface area contributed by atoms with Gasteiger partial charge in [0.05, 0.1) is 8.95 Å². The highest BCUT2D eigenvalue weighted by Gasteiger charge is 2.09. The van der Waals surface area contributed by atoms with Crippen LogP contribution in [0.15, 0.2) is 21.1 Å². The molecule has 17 heavy (non-hydrogen) atoms. The van der Waals surface area contributed by atoms with Gasteiger partial charge in [0.25, 0.3) is 0 Å². The van der Waals surface area contributed by atoms with Crippen molar-refractivity contribution in [1.82, 2.24) is 4.90 Å². The molecule has 0 aliphatic carbocycles. The van der Waals surface area contributed by atoms with Crippen LogP contribution in [0.4, 0.5) is 0 Å². The third kappa shape index (κ3) is 4.60. The minimum absolute atomic E-state index is 0.270. The first-order valence-electron chi connectivity index (χ1n) is 5.97. The molecule has 2 nitrogen and oxygen atoms in total. The van der Waals surface area contributed by atoms with Crippen LogP contribution in [-0.2, 0) is 6.54 Å². The largest absolute Gasteiger partial charge is 0.506 e. The number of nitrogens with zero attached hydrogens (tertiary/aromatic N) is 1. The lowest BCUT2D eigenvalue weighted by molar-refractivity contribution is 0.266. The van der Waals surface area contributed by atoms with Crippen molar-refractivity contribution in [3.8, 4) is 5.75 Å². The summed E-state index contributed by atoms with van der Waals surface area (Å²) in [7, 11) is 0. The van der Waals surface area contributed by atoms with Gasteiger partial charge >= 0.3 is 0 Å². The van der Waals surface area contributed by atoms with Crippen molar-refractivity contribution in [1.29, 1.82) is 0 Å². The molecule has 0 saturated heterocycles. The second kappa shape index (κ2) is 7.39. The van der Waals surface area contributed by atoms with Gasteiger partial charge in [0.2, 0.25) is 0 Å². The van der Waals surface area contributed by atoms with Crippen LogP contribution in [0.1, 0.15) is 32.3 Å². The number of phenols is 1. The van der Waals surface area contributed by atoms with Crippen LogP contribution in [0.25, 0.3) is 0 Å². The summed E-state index contributed by atoms with van der Waals surface area (Å²) in [5.41, 5.74) is 1.21. The van der Waals surface area contributed by atoms with Crippen LogP contribution in [0.2, 0.25) is 0 Å². The van der Waals surface area contributed by atoms with Gasteiger partial charge in [-0.15, -0.1) is 0 Å². The van der Waals surface area contributed by atoms with E-state index in [1.165, 1.54) is 18.4 Å². The molecule has 0 heterocycles. The van der Waals surface area contributed by atoms with Crippen molar-refractivity contribution >= 4 is 31.9 Å². The molecule has 1 rings (SSSR count). The molecule has 0 aliphatic rings. The topological polar surface area (TPSA) is 23.5 Å². The molecule has 4 heteroatoms. The van der Waals surface area contributed by atoms with E-state index < -0.39 is 0 Å². The molecule has 0 amide bonds. The highest BCUT2D eigenvalue weighted by molar-refractivity contribution is 9.11. The number of hydrogen-bond donors (Lipinski definition) is 1. The number of halogens is 2. The maximum atomic E-state index is 9.66. The van der Waals surface area contributed by atoms with Gasteiger partial charge < -0.3 is 5.11 Å². The summed E-state index contributed by atoms with van der Waals surface area (Å²) in [4.78, 5) is 2.44. The molecule has 0 aliphatic heterocycles. The Morgan fingerprint density at radius 2 is 1.53 bits per heavy atom. The number of rotatable bonds is 6. The van der Waals surface area contributed by atoms with E-state index in [0.29, 0.717) is 0 Å². The maximum Gasteiger partial charge on any atom is 0.143 e. The molecule has 0 fully saturated rings. The van der Waals surface area contributed by atoms with Gasteiger partial charge in [-0.3, -0.25) is 4.90 Å². The molecule has 0 radical (unpaired) electrons. The summed E-state index contributed by atoms with van der Waals surface area (Å²) in [5.74, 6) is 0.270. The summed E-state index contributed by atoms with van der Waals surface area (Å²) < 4.78 is 1.49. The molecule has 0 unspecified atom stereocenters. The average molecular weight is 365 g/mol. The van der Waals surface area contributed by atoms with Gasteiger partial charge in [0.1, 0.15) is 5.75 Å². The van der Waals surface area contributed by atoms with Crippen LogP contribution in [0.5, 0.6) is 5.75 Å². The Bertz CT molecular complexity index is 339. The highest BCUT2D eigenvalue weighted by atomic mass is 79.9. The second-order valence-electron chi connectivity index (χ2n) is 4.18. The summed E-state index contributed by atoms with van der Waals surface area (Å²) in [5, 5.41) is 9.66. The van der Waals surface area contributed by atoms with E-state index in [1.807, 2.05) is 12.1 Å². The molecular weight excluding hydrogens is 346 g/mol. The van der Waals surface area contributed by atoms with Crippen LogP contribution < -0.4 is 0 Å². The lowest BCUT2D eigenvalue weighted by Gasteiger charge is -2.21. The fourth-order valence-electron chi connectivity index (χ4n) is 1.87. The van der Waals surface area contributed by atoms with Crippen LogP contribution in [-0.4, -0.2) is 23.1 Å². The predicted molar refractivity (Wildman–Crippen MR) is 79.4 cm³/mol. The summed E-state index contributed by atoms with van der Waals surface area (Å²) >= 11 is 6.73. The first-order chi connectivity index (χ1) is 8.08. The molecule has 96 valence electrons. The standard InChI is InChI=1S/C13H19Br2NO/c1-3-5-16(6-4-2)9-10-7-11(14)13(17)12(15)8-10/h7-8,17H,3-6,9H2,1-2H3. The normalized spacial score (nSPS) is 11.1. The lowest BCUT2D eigenvalue weighted by Crippen LogP contribution is -2.24. The zero-order valence-corrected chi connectivity index (χ0v) is 13.5. The minimum atomic E-state index is 0.270. The van der Waals surface area contributed by atoms with Crippen molar-refractivity contribution in [2.75, 3.05) is 13.1 Å². The summed E-state index contributed by atoms with van der Waals surface area (Å²) in [6.45, 7) is 7.56. The van der Waals surface area contributed by atoms with Crippen LogP contribution in [0, 0.1) is 0 Å².